The van der Waals surface area contributed by atoms with Crippen LogP contribution >= 0.6 is 15.2 Å². The molecule has 10 heteroatoms. The zero-order valence-electron chi connectivity index (χ0n) is 8.86. The van der Waals surface area contributed by atoms with Crippen molar-refractivity contribution in [2.75, 3.05) is 0 Å². The zero-order chi connectivity index (χ0) is 13.6. The van der Waals surface area contributed by atoms with Crippen molar-refractivity contribution in [2.24, 2.45) is 0 Å². The molecule has 2 rings (SSSR count). The molecule has 4 N–H and O–H groups in total. The maximum absolute atomic E-state index is 11.3. The van der Waals surface area contributed by atoms with E-state index >= 15 is 0 Å². The van der Waals surface area contributed by atoms with E-state index in [-0.39, 0.29) is 5.52 Å². The number of imidazole rings is 1. The van der Waals surface area contributed by atoms with Crippen molar-refractivity contribution in [2.45, 2.75) is 5.52 Å². The lowest BCUT2D eigenvalue weighted by atomic mass is 10.3. The van der Waals surface area contributed by atoms with Crippen molar-refractivity contribution in [1.29, 1.82) is 0 Å². The molecule has 0 saturated carbocycles. The lowest BCUT2D eigenvalue weighted by Crippen LogP contribution is -2.09. The summed E-state index contributed by atoms with van der Waals surface area (Å²) in [5.41, 5.74) is -1.61. The summed E-state index contributed by atoms with van der Waals surface area (Å²) < 4.78 is 23.4. The Labute approximate surface area is 101 Å². The molecule has 1 aromatic carbocycles. The first-order chi connectivity index (χ1) is 8.21. The Balaban J connectivity index is 2.71. The van der Waals surface area contributed by atoms with E-state index in [4.69, 9.17) is 19.6 Å². The van der Waals surface area contributed by atoms with Crippen molar-refractivity contribution < 1.29 is 28.7 Å². The molecule has 0 aliphatic rings. The van der Waals surface area contributed by atoms with E-state index in [1.807, 2.05) is 0 Å². The summed E-state index contributed by atoms with van der Waals surface area (Å²) in [7, 11) is -10.1. The summed E-state index contributed by atoms with van der Waals surface area (Å²) in [5.74, 6) is 0. The molecule has 0 fully saturated rings. The van der Waals surface area contributed by atoms with Gasteiger partial charge in [-0.15, -0.1) is 0 Å². The largest absolute Gasteiger partial charge is 0.360 e. The molecule has 0 spiro atoms. The molecule has 1 aromatic heterocycles. The van der Waals surface area contributed by atoms with Gasteiger partial charge >= 0.3 is 15.2 Å². The van der Waals surface area contributed by atoms with Crippen LogP contribution < -0.4 is 0 Å². The Hall–Kier alpha value is -1.01. The van der Waals surface area contributed by atoms with E-state index in [2.05, 4.69) is 4.98 Å². The van der Waals surface area contributed by atoms with E-state index < -0.39 is 20.7 Å². The molecule has 0 atom stereocenters. The number of hydrogen-bond donors (Lipinski definition) is 4. The minimum atomic E-state index is -5.03. The molecule has 0 unspecified atom stereocenters. The number of para-hydroxylation sites is 2. The van der Waals surface area contributed by atoms with Gasteiger partial charge in [0.25, 0.3) is 0 Å². The van der Waals surface area contributed by atoms with Crippen LogP contribution in [0.1, 0.15) is 5.52 Å². The van der Waals surface area contributed by atoms with E-state index in [1.165, 1.54) is 6.07 Å². The van der Waals surface area contributed by atoms with E-state index in [0.717, 1.165) is 10.9 Å². The van der Waals surface area contributed by atoms with Crippen LogP contribution in [0.4, 0.5) is 0 Å². The highest BCUT2D eigenvalue weighted by Gasteiger charge is 2.45. The first kappa shape index (κ1) is 13.4. The van der Waals surface area contributed by atoms with Gasteiger partial charge < -0.3 is 24.1 Å². The van der Waals surface area contributed by atoms with E-state index in [9.17, 15) is 9.13 Å². The van der Waals surface area contributed by atoms with E-state index in [1.54, 1.807) is 18.2 Å². The van der Waals surface area contributed by atoms with Crippen molar-refractivity contribution in [3.8, 4) is 0 Å². The highest BCUT2D eigenvalue weighted by Crippen LogP contribution is 2.67. The average Bonchev–Trinajstić information content (AvgIpc) is 2.58. The standard InChI is InChI=1S/C8H10N2O6P2/c11-17(12,13)8(18(14,15)16)10-5-9-6-3-1-2-4-7(6)10/h1-5,8H,(H2,11,12,13)(H2,14,15,16). The van der Waals surface area contributed by atoms with Gasteiger partial charge in [-0.1, -0.05) is 12.1 Å². The molecule has 0 radical (unpaired) electrons. The topological polar surface area (TPSA) is 133 Å². The summed E-state index contributed by atoms with van der Waals surface area (Å²) in [4.78, 5) is 40.3. The van der Waals surface area contributed by atoms with Crippen LogP contribution in [-0.2, 0) is 9.13 Å². The Morgan fingerprint density at radius 1 is 1.06 bits per heavy atom. The average molecular weight is 292 g/mol. The second-order valence-electron chi connectivity index (χ2n) is 3.67. The van der Waals surface area contributed by atoms with Gasteiger partial charge in [0, 0.05) is 0 Å². The number of nitrogens with zero attached hydrogens (tertiary/aromatic N) is 2. The molecule has 18 heavy (non-hydrogen) atoms. The predicted octanol–water partition coefficient (Wildman–Crippen LogP) is 0.848. The first-order valence-corrected chi connectivity index (χ1v) is 8.09. The second-order valence-corrected chi connectivity index (χ2v) is 7.41. The summed E-state index contributed by atoms with van der Waals surface area (Å²) in [5, 5.41) is 0. The number of aromatic nitrogens is 2. The van der Waals surface area contributed by atoms with Crippen molar-refractivity contribution in [3.05, 3.63) is 30.6 Å². The Kier molecular flexibility index (Phi) is 3.19. The van der Waals surface area contributed by atoms with Crippen molar-refractivity contribution >= 4 is 26.2 Å². The van der Waals surface area contributed by atoms with Gasteiger partial charge in [0.2, 0.25) is 5.52 Å². The third kappa shape index (κ3) is 2.40. The molecule has 0 saturated heterocycles. The highest BCUT2D eigenvalue weighted by atomic mass is 31.2. The quantitative estimate of drug-likeness (QED) is 0.616. The number of hydrogen-bond acceptors (Lipinski definition) is 3. The fraction of sp³-hybridized carbons (Fsp3) is 0.125. The summed E-state index contributed by atoms with van der Waals surface area (Å²) in [6.07, 6.45) is 1.01. The predicted molar refractivity (Wildman–Crippen MR) is 62.9 cm³/mol. The van der Waals surface area contributed by atoms with Gasteiger partial charge in [-0.2, -0.15) is 0 Å². The third-order valence-electron chi connectivity index (χ3n) is 2.33. The van der Waals surface area contributed by atoms with Gasteiger partial charge in [-0.05, 0) is 12.1 Å². The maximum atomic E-state index is 11.3. The number of benzene rings is 1. The molecule has 8 nitrogen and oxygen atoms in total. The monoisotopic (exact) mass is 292 g/mol. The highest BCUT2D eigenvalue weighted by molar-refractivity contribution is 7.69. The molecular weight excluding hydrogens is 282 g/mol. The van der Waals surface area contributed by atoms with E-state index in [0.29, 0.717) is 5.52 Å². The fourth-order valence-corrected chi connectivity index (χ4v) is 4.27. The lowest BCUT2D eigenvalue weighted by molar-refractivity contribution is 0.324. The Morgan fingerprint density at radius 3 is 2.17 bits per heavy atom. The molecule has 98 valence electrons. The van der Waals surface area contributed by atoms with Gasteiger partial charge in [-0.3, -0.25) is 9.13 Å². The second kappa shape index (κ2) is 4.28. The fourth-order valence-electron chi connectivity index (χ4n) is 1.68. The molecule has 0 aliphatic carbocycles. The van der Waals surface area contributed by atoms with Gasteiger partial charge in [0.15, 0.2) is 0 Å². The Bertz CT molecular complexity index is 649. The summed E-state index contributed by atoms with van der Waals surface area (Å²) >= 11 is 0. The van der Waals surface area contributed by atoms with Gasteiger partial charge in [-0.25, -0.2) is 4.98 Å². The SMILES string of the molecule is O=P(O)(O)C(n1cnc2ccccc21)P(=O)(O)O. The van der Waals surface area contributed by atoms with Crippen LogP contribution in [0.3, 0.4) is 0 Å². The van der Waals surface area contributed by atoms with Crippen molar-refractivity contribution in [3.63, 3.8) is 0 Å². The van der Waals surface area contributed by atoms with Crippen LogP contribution in [0.2, 0.25) is 0 Å². The molecule has 0 bridgehead atoms. The van der Waals surface area contributed by atoms with Gasteiger partial charge in [0.05, 0.1) is 17.4 Å². The van der Waals surface area contributed by atoms with Crippen LogP contribution in [-0.4, -0.2) is 29.1 Å². The van der Waals surface area contributed by atoms with Crippen LogP contribution in [0.5, 0.6) is 0 Å². The summed E-state index contributed by atoms with van der Waals surface area (Å²) in [6, 6.07) is 6.28. The van der Waals surface area contributed by atoms with Crippen molar-refractivity contribution in [1.82, 2.24) is 9.55 Å². The lowest BCUT2D eigenvalue weighted by Gasteiger charge is -2.21. The molecule has 0 aliphatic heterocycles. The normalized spacial score (nSPS) is 13.4. The van der Waals surface area contributed by atoms with Crippen LogP contribution in [0, 0.1) is 0 Å². The number of fused-ring (bicyclic) bond motifs is 1. The summed E-state index contributed by atoms with van der Waals surface area (Å²) in [6.45, 7) is 0. The first-order valence-electron chi connectivity index (χ1n) is 4.73. The zero-order valence-corrected chi connectivity index (χ0v) is 10.6. The van der Waals surface area contributed by atoms with Crippen LogP contribution in [0.15, 0.2) is 30.6 Å². The van der Waals surface area contributed by atoms with Gasteiger partial charge in [0.1, 0.15) is 0 Å². The molecule has 0 amide bonds. The molecule has 2 aromatic rings. The number of rotatable bonds is 3. The smallest absolute Gasteiger partial charge is 0.323 e. The minimum absolute atomic E-state index is 0.245. The molecular formula is C8H10N2O6P2. The van der Waals surface area contributed by atoms with Crippen LogP contribution in [0.25, 0.3) is 11.0 Å². The minimum Gasteiger partial charge on any atom is -0.323 e. The Morgan fingerprint density at radius 2 is 1.61 bits per heavy atom. The maximum Gasteiger partial charge on any atom is 0.360 e. The third-order valence-corrected chi connectivity index (χ3v) is 5.84. The molecule has 1 heterocycles.